The van der Waals surface area contributed by atoms with Crippen molar-refractivity contribution in [2.24, 2.45) is 0 Å². The van der Waals surface area contributed by atoms with Crippen LogP contribution in [0.4, 0.5) is 5.69 Å². The summed E-state index contributed by atoms with van der Waals surface area (Å²) in [6.45, 7) is 5.81. The minimum Gasteiger partial charge on any atom is -0.493 e. The predicted octanol–water partition coefficient (Wildman–Crippen LogP) is 5.38. The monoisotopic (exact) mass is 409 g/mol. The number of rotatable bonds is 3. The fourth-order valence-corrected chi connectivity index (χ4v) is 4.09. The molecular formula is C17H17Br2NO. The Kier molecular flexibility index (Phi) is 4.27. The van der Waals surface area contributed by atoms with E-state index in [0.29, 0.717) is 0 Å². The molecule has 21 heavy (non-hydrogen) atoms. The first-order chi connectivity index (χ1) is 10.0. The highest BCUT2D eigenvalue weighted by atomic mass is 79.9. The van der Waals surface area contributed by atoms with Crippen molar-refractivity contribution in [3.8, 4) is 5.75 Å². The molecule has 0 atom stereocenters. The van der Waals surface area contributed by atoms with Gasteiger partial charge in [0.15, 0.2) is 0 Å². The summed E-state index contributed by atoms with van der Waals surface area (Å²) in [6.07, 6.45) is 0.998. The van der Waals surface area contributed by atoms with Crippen LogP contribution >= 0.6 is 31.9 Å². The number of aryl methyl sites for hydroxylation is 2. The third-order valence-electron chi connectivity index (χ3n) is 3.78. The van der Waals surface area contributed by atoms with Crippen LogP contribution in [0, 0.1) is 13.8 Å². The highest BCUT2D eigenvalue weighted by Gasteiger charge is 2.17. The van der Waals surface area contributed by atoms with Crippen molar-refractivity contribution in [3.05, 3.63) is 55.5 Å². The summed E-state index contributed by atoms with van der Waals surface area (Å²) in [4.78, 5) is 0. The minimum atomic E-state index is 0.769. The Bertz CT molecular complexity index is 674. The largest absolute Gasteiger partial charge is 0.493 e. The summed E-state index contributed by atoms with van der Waals surface area (Å²) < 4.78 is 8.02. The zero-order valence-electron chi connectivity index (χ0n) is 12.1. The van der Waals surface area contributed by atoms with Gasteiger partial charge in [-0.1, -0.05) is 31.9 Å². The number of anilines is 1. The molecule has 2 aromatic carbocycles. The van der Waals surface area contributed by atoms with Crippen LogP contribution in [0.5, 0.6) is 5.75 Å². The lowest BCUT2D eigenvalue weighted by Gasteiger charge is -2.15. The molecule has 1 heterocycles. The van der Waals surface area contributed by atoms with Gasteiger partial charge in [0.05, 0.1) is 6.61 Å². The second-order valence-corrected chi connectivity index (χ2v) is 7.25. The van der Waals surface area contributed by atoms with Crippen molar-refractivity contribution in [1.29, 1.82) is 0 Å². The van der Waals surface area contributed by atoms with E-state index in [1.165, 1.54) is 27.9 Å². The predicted molar refractivity (Wildman–Crippen MR) is 94.3 cm³/mol. The van der Waals surface area contributed by atoms with Crippen molar-refractivity contribution < 1.29 is 4.74 Å². The highest BCUT2D eigenvalue weighted by Crippen LogP contribution is 2.34. The molecule has 110 valence electrons. The van der Waals surface area contributed by atoms with E-state index in [1.807, 2.05) is 0 Å². The molecule has 4 heteroatoms. The van der Waals surface area contributed by atoms with Gasteiger partial charge in [-0.2, -0.15) is 0 Å². The molecule has 0 bridgehead atoms. The van der Waals surface area contributed by atoms with Gasteiger partial charge >= 0.3 is 0 Å². The molecule has 2 nitrogen and oxygen atoms in total. The molecule has 1 aliphatic rings. The van der Waals surface area contributed by atoms with Crippen molar-refractivity contribution in [3.63, 3.8) is 0 Å². The molecule has 1 aliphatic heterocycles. The first-order valence-corrected chi connectivity index (χ1v) is 8.58. The number of benzene rings is 2. The smallest absolute Gasteiger partial charge is 0.127 e. The molecule has 0 unspecified atom stereocenters. The van der Waals surface area contributed by atoms with Gasteiger partial charge in [-0.25, -0.2) is 0 Å². The lowest BCUT2D eigenvalue weighted by atomic mass is 10.1. The number of hydrogen-bond acceptors (Lipinski definition) is 2. The molecule has 1 N–H and O–H groups in total. The van der Waals surface area contributed by atoms with Crippen LogP contribution in [0.2, 0.25) is 0 Å². The number of nitrogens with one attached hydrogen (secondary N) is 1. The van der Waals surface area contributed by atoms with Gasteiger partial charge in [0.2, 0.25) is 0 Å². The van der Waals surface area contributed by atoms with Crippen LogP contribution in [0.1, 0.15) is 22.3 Å². The normalized spacial score (nSPS) is 13.0. The summed E-state index contributed by atoms with van der Waals surface area (Å²) >= 11 is 7.13. The average molecular weight is 411 g/mol. The van der Waals surface area contributed by atoms with E-state index in [0.717, 1.165) is 34.3 Å². The topological polar surface area (TPSA) is 21.3 Å². The number of fused-ring (bicyclic) bond motifs is 1. The van der Waals surface area contributed by atoms with Gasteiger partial charge in [-0.15, -0.1) is 0 Å². The number of hydrogen-bond donors (Lipinski definition) is 1. The Morgan fingerprint density at radius 3 is 2.43 bits per heavy atom. The van der Waals surface area contributed by atoms with Crippen LogP contribution < -0.4 is 10.1 Å². The Labute approximate surface area is 142 Å². The maximum atomic E-state index is 5.78. The first kappa shape index (κ1) is 14.9. The first-order valence-electron chi connectivity index (χ1n) is 6.99. The second-order valence-electron chi connectivity index (χ2n) is 5.42. The van der Waals surface area contributed by atoms with Crippen LogP contribution in [-0.2, 0) is 13.0 Å². The van der Waals surface area contributed by atoms with Gasteiger partial charge in [-0.05, 0) is 54.8 Å². The summed E-state index contributed by atoms with van der Waals surface area (Å²) in [5, 5.41) is 3.56. The molecule has 0 saturated carbocycles. The van der Waals surface area contributed by atoms with Crippen molar-refractivity contribution in [1.82, 2.24) is 0 Å². The lowest BCUT2D eigenvalue weighted by molar-refractivity contribution is 0.354. The van der Waals surface area contributed by atoms with Gasteiger partial charge in [0.25, 0.3) is 0 Å². The third-order valence-corrected chi connectivity index (χ3v) is 4.69. The SMILES string of the molecule is Cc1cc(Br)cc(C)c1NCc1cc(Br)cc2c1OCC2. The Hall–Kier alpha value is -1.00. The molecule has 0 aromatic heterocycles. The number of halogens is 2. The van der Waals surface area contributed by atoms with Crippen molar-refractivity contribution in [2.75, 3.05) is 11.9 Å². The van der Waals surface area contributed by atoms with Crippen LogP contribution in [-0.4, -0.2) is 6.61 Å². The van der Waals surface area contributed by atoms with Gasteiger partial charge in [0.1, 0.15) is 5.75 Å². The molecule has 0 aliphatic carbocycles. The van der Waals surface area contributed by atoms with E-state index >= 15 is 0 Å². The second kappa shape index (κ2) is 6.01. The fourth-order valence-electron chi connectivity index (χ4n) is 2.85. The van der Waals surface area contributed by atoms with Crippen LogP contribution in [0.15, 0.2) is 33.2 Å². The zero-order valence-corrected chi connectivity index (χ0v) is 15.3. The standard InChI is InChI=1S/C17H17Br2NO/c1-10-5-14(18)6-11(2)16(10)20-9-13-8-15(19)7-12-3-4-21-17(12)13/h5-8,20H,3-4,9H2,1-2H3. The van der Waals surface area contributed by atoms with E-state index in [9.17, 15) is 0 Å². The van der Waals surface area contributed by atoms with Crippen LogP contribution in [0.3, 0.4) is 0 Å². The molecule has 0 amide bonds. The maximum absolute atomic E-state index is 5.78. The van der Waals surface area contributed by atoms with E-state index in [4.69, 9.17) is 4.74 Å². The Morgan fingerprint density at radius 2 is 1.71 bits per heavy atom. The molecule has 0 fully saturated rings. The molecule has 0 radical (unpaired) electrons. The molecule has 2 aromatic rings. The Balaban J connectivity index is 1.86. The summed E-state index contributed by atoms with van der Waals surface area (Å²) in [7, 11) is 0. The van der Waals surface area contributed by atoms with Crippen molar-refractivity contribution in [2.45, 2.75) is 26.8 Å². The maximum Gasteiger partial charge on any atom is 0.127 e. The van der Waals surface area contributed by atoms with Gasteiger partial charge in [-0.3, -0.25) is 0 Å². The highest BCUT2D eigenvalue weighted by molar-refractivity contribution is 9.10. The van der Waals surface area contributed by atoms with Crippen LogP contribution in [0.25, 0.3) is 0 Å². The van der Waals surface area contributed by atoms with E-state index in [2.05, 4.69) is 75.3 Å². The summed E-state index contributed by atoms with van der Waals surface area (Å²) in [5.74, 6) is 1.05. The Morgan fingerprint density at radius 1 is 1.05 bits per heavy atom. The van der Waals surface area contributed by atoms with Crippen molar-refractivity contribution >= 4 is 37.5 Å². The van der Waals surface area contributed by atoms with E-state index in [-0.39, 0.29) is 0 Å². The fraction of sp³-hybridized carbons (Fsp3) is 0.294. The molecule has 0 spiro atoms. The molecule has 3 rings (SSSR count). The number of ether oxygens (including phenoxy) is 1. The lowest BCUT2D eigenvalue weighted by Crippen LogP contribution is -2.04. The van der Waals surface area contributed by atoms with E-state index < -0.39 is 0 Å². The van der Waals surface area contributed by atoms with Gasteiger partial charge in [0, 0.05) is 33.2 Å². The molecular weight excluding hydrogens is 394 g/mol. The van der Waals surface area contributed by atoms with E-state index in [1.54, 1.807) is 0 Å². The zero-order chi connectivity index (χ0) is 15.0. The average Bonchev–Trinajstić information content (AvgIpc) is 2.85. The molecule has 0 saturated heterocycles. The summed E-state index contributed by atoms with van der Waals surface area (Å²) in [6, 6.07) is 8.57. The minimum absolute atomic E-state index is 0.769. The quantitative estimate of drug-likeness (QED) is 0.733. The van der Waals surface area contributed by atoms with Gasteiger partial charge < -0.3 is 10.1 Å². The third kappa shape index (κ3) is 3.11. The summed E-state index contributed by atoms with van der Waals surface area (Å²) in [5.41, 5.74) is 6.19.